The van der Waals surface area contributed by atoms with Crippen LogP contribution in [0.25, 0.3) is 22.5 Å². The van der Waals surface area contributed by atoms with Crippen LogP contribution in [0.15, 0.2) is 40.3 Å². The van der Waals surface area contributed by atoms with Crippen molar-refractivity contribution in [2.45, 2.75) is 22.3 Å². The quantitative estimate of drug-likeness (QED) is 0.197. The maximum Gasteiger partial charge on any atom is 0.242 e. The van der Waals surface area contributed by atoms with Crippen LogP contribution in [0.3, 0.4) is 0 Å². The Hall–Kier alpha value is -3.02. The van der Waals surface area contributed by atoms with Crippen LogP contribution in [0, 0.1) is 0 Å². The molecule has 3 aromatic rings. The number of primary sulfonamides is 1. The summed E-state index contributed by atoms with van der Waals surface area (Å²) in [5.41, 5.74) is 11.4. The number of pyridine rings is 1. The number of H-pyrrole nitrogens is 1. The first kappa shape index (κ1) is 23.6. The molecule has 2 heterocycles. The number of aromatic nitrogens is 5. The fraction of sp³-hybridized carbons (Fsp3) is 0.250. The predicted octanol–water partition coefficient (Wildman–Crippen LogP) is -1.85. The number of aliphatic hydroxyl groups is 1. The summed E-state index contributed by atoms with van der Waals surface area (Å²) in [5.74, 6) is 0.0158. The zero-order chi connectivity index (χ0) is 23.5. The number of nitrogen functional groups attached to an aromatic ring is 1. The average Bonchev–Trinajstić information content (AvgIpc) is 3.26. The van der Waals surface area contributed by atoms with Gasteiger partial charge in [-0.1, -0.05) is 6.07 Å². The van der Waals surface area contributed by atoms with E-state index in [0.29, 0.717) is 5.56 Å². The van der Waals surface area contributed by atoms with Gasteiger partial charge in [0.2, 0.25) is 25.9 Å². The summed E-state index contributed by atoms with van der Waals surface area (Å²) in [4.78, 5) is 2.58. The molecule has 1 atom stereocenters. The zero-order valence-electron chi connectivity index (χ0n) is 16.5. The molecule has 0 aliphatic heterocycles. The normalized spacial score (nSPS) is 13.2. The number of sulfonamides is 2. The van der Waals surface area contributed by atoms with E-state index in [1.807, 2.05) is 0 Å². The topological polar surface area (TPSA) is 246 Å². The number of nitrogens with one attached hydrogen (secondary N) is 2. The summed E-state index contributed by atoms with van der Waals surface area (Å²) >= 11 is 0. The Morgan fingerprint density at radius 3 is 2.47 bits per heavy atom. The van der Waals surface area contributed by atoms with E-state index in [-0.39, 0.29) is 42.3 Å². The Morgan fingerprint density at radius 1 is 1.16 bits per heavy atom. The highest BCUT2D eigenvalue weighted by Gasteiger charge is 2.32. The van der Waals surface area contributed by atoms with Gasteiger partial charge in [0, 0.05) is 18.3 Å². The van der Waals surface area contributed by atoms with Crippen molar-refractivity contribution in [1.29, 1.82) is 0 Å². The minimum absolute atomic E-state index is 0.137. The monoisotopic (exact) mass is 483 g/mol. The maximum atomic E-state index is 13.0. The van der Waals surface area contributed by atoms with Crippen LogP contribution in [0.5, 0.6) is 0 Å². The molecular formula is C16H21N9O5S2. The fourth-order valence-corrected chi connectivity index (χ4v) is 5.60. The van der Waals surface area contributed by atoms with Crippen LogP contribution in [-0.2, 0) is 20.0 Å². The van der Waals surface area contributed by atoms with E-state index < -0.39 is 35.9 Å². The molecule has 0 fully saturated rings. The predicted molar refractivity (Wildman–Crippen MR) is 113 cm³/mol. The maximum absolute atomic E-state index is 13.0. The van der Waals surface area contributed by atoms with Gasteiger partial charge >= 0.3 is 0 Å². The molecule has 0 bridgehead atoms. The first-order chi connectivity index (χ1) is 15.0. The van der Waals surface area contributed by atoms with Crippen molar-refractivity contribution in [3.63, 3.8) is 0 Å². The number of hydrogen-bond donors (Lipinski definition) is 6. The molecule has 0 amide bonds. The number of anilines is 1. The van der Waals surface area contributed by atoms with Gasteiger partial charge in [0.05, 0.1) is 11.7 Å². The van der Waals surface area contributed by atoms with Gasteiger partial charge < -0.3 is 16.6 Å². The SMILES string of the molecule is NCC[C@H](O)CNS(=O)(=O)c1ccc(-c2ccc(N)nc2)c(-c2nn[nH]n2)c1S(N)(=O)=O. The molecule has 32 heavy (non-hydrogen) atoms. The Balaban J connectivity index is 2.27. The van der Waals surface area contributed by atoms with Gasteiger partial charge in [-0.15, -0.1) is 10.2 Å². The fourth-order valence-electron chi connectivity index (χ4n) is 2.93. The molecule has 0 spiro atoms. The molecule has 0 saturated carbocycles. The second kappa shape index (κ2) is 9.23. The first-order valence-electron chi connectivity index (χ1n) is 9.08. The van der Waals surface area contributed by atoms with E-state index in [2.05, 4.69) is 30.3 Å². The third kappa shape index (κ3) is 5.06. The van der Waals surface area contributed by atoms with Crippen molar-refractivity contribution in [3.05, 3.63) is 30.5 Å². The van der Waals surface area contributed by atoms with Crippen molar-refractivity contribution >= 4 is 25.9 Å². The van der Waals surface area contributed by atoms with Crippen LogP contribution in [0.4, 0.5) is 5.82 Å². The Morgan fingerprint density at radius 2 is 1.91 bits per heavy atom. The van der Waals surface area contributed by atoms with E-state index in [4.69, 9.17) is 16.6 Å². The van der Waals surface area contributed by atoms with E-state index in [1.54, 1.807) is 6.07 Å². The number of aliphatic hydroxyl groups excluding tert-OH is 1. The second-order valence-corrected chi connectivity index (χ2v) is 9.88. The van der Waals surface area contributed by atoms with Crippen molar-refractivity contribution in [2.75, 3.05) is 18.8 Å². The number of aromatic amines is 1. The van der Waals surface area contributed by atoms with E-state index in [0.717, 1.165) is 6.07 Å². The highest BCUT2D eigenvalue weighted by atomic mass is 32.2. The molecule has 0 unspecified atom stereocenters. The number of nitrogens with two attached hydrogens (primary N) is 3. The number of benzene rings is 1. The molecule has 9 N–H and O–H groups in total. The molecular weight excluding hydrogens is 462 g/mol. The van der Waals surface area contributed by atoms with Crippen molar-refractivity contribution < 1.29 is 21.9 Å². The summed E-state index contributed by atoms with van der Waals surface area (Å²) in [5, 5.41) is 28.5. The largest absolute Gasteiger partial charge is 0.392 e. The molecule has 3 rings (SSSR count). The van der Waals surface area contributed by atoms with Crippen molar-refractivity contribution in [3.8, 4) is 22.5 Å². The summed E-state index contributed by atoms with van der Waals surface area (Å²) in [6.45, 7) is -0.248. The lowest BCUT2D eigenvalue weighted by Crippen LogP contribution is -2.34. The molecule has 0 saturated heterocycles. The molecule has 0 aliphatic rings. The third-order valence-corrected chi connectivity index (χ3v) is 6.96. The van der Waals surface area contributed by atoms with Crippen LogP contribution in [0.2, 0.25) is 0 Å². The smallest absolute Gasteiger partial charge is 0.242 e. The molecule has 16 heteroatoms. The summed E-state index contributed by atoms with van der Waals surface area (Å²) in [6, 6.07) is 5.48. The molecule has 0 radical (unpaired) electrons. The van der Waals surface area contributed by atoms with Crippen molar-refractivity contribution in [1.82, 2.24) is 30.3 Å². The lowest BCUT2D eigenvalue weighted by atomic mass is 10.0. The van der Waals surface area contributed by atoms with Gasteiger partial charge in [-0.3, -0.25) is 0 Å². The molecule has 14 nitrogen and oxygen atoms in total. The van der Waals surface area contributed by atoms with Gasteiger partial charge in [-0.2, -0.15) is 5.21 Å². The number of hydrogen-bond acceptors (Lipinski definition) is 11. The Bertz CT molecular complexity index is 1290. The Kier molecular flexibility index (Phi) is 6.82. The molecule has 0 aliphatic carbocycles. The average molecular weight is 484 g/mol. The minimum Gasteiger partial charge on any atom is -0.392 e. The number of rotatable bonds is 9. The van der Waals surface area contributed by atoms with Crippen LogP contribution >= 0.6 is 0 Å². The van der Waals surface area contributed by atoms with Gasteiger partial charge in [0.25, 0.3) is 0 Å². The van der Waals surface area contributed by atoms with E-state index in [1.165, 1.54) is 18.3 Å². The van der Waals surface area contributed by atoms with Gasteiger partial charge in [0.1, 0.15) is 15.6 Å². The molecule has 2 aromatic heterocycles. The van der Waals surface area contributed by atoms with E-state index in [9.17, 15) is 21.9 Å². The van der Waals surface area contributed by atoms with Gasteiger partial charge in [-0.05, 0) is 41.9 Å². The van der Waals surface area contributed by atoms with Gasteiger partial charge in [-0.25, -0.2) is 31.7 Å². The first-order valence-corrected chi connectivity index (χ1v) is 12.1. The lowest BCUT2D eigenvalue weighted by Gasteiger charge is -2.17. The second-order valence-electron chi connectivity index (χ2n) is 6.65. The van der Waals surface area contributed by atoms with Crippen molar-refractivity contribution in [2.24, 2.45) is 10.9 Å². The van der Waals surface area contributed by atoms with E-state index >= 15 is 0 Å². The van der Waals surface area contributed by atoms with Crippen LogP contribution < -0.4 is 21.3 Å². The lowest BCUT2D eigenvalue weighted by molar-refractivity contribution is 0.171. The summed E-state index contributed by atoms with van der Waals surface area (Å²) in [6.07, 6.45) is 0.447. The van der Waals surface area contributed by atoms with Crippen LogP contribution in [0.1, 0.15) is 6.42 Å². The summed E-state index contributed by atoms with van der Waals surface area (Å²) in [7, 11) is -9.07. The minimum atomic E-state index is -4.63. The highest BCUT2D eigenvalue weighted by Crippen LogP contribution is 2.38. The highest BCUT2D eigenvalue weighted by molar-refractivity contribution is 7.92. The Labute approximate surface area is 183 Å². The molecule has 1 aromatic carbocycles. The van der Waals surface area contributed by atoms with Crippen LogP contribution in [-0.4, -0.2) is 66.7 Å². The van der Waals surface area contributed by atoms with Gasteiger partial charge in [0.15, 0.2) is 0 Å². The standard InChI is InChI=1S/C16H21N9O5S2/c17-6-5-10(26)8-21-32(29,30)12-3-2-11(9-1-4-13(18)20-7-9)14(15(12)31(19,27)28)16-22-24-25-23-16/h1-4,7,10,21,26H,5-6,8,17H2,(H2,18,20)(H2,19,27,28)(H,22,23,24,25)/t10-/m0/s1. The number of tetrazole rings is 1. The summed E-state index contributed by atoms with van der Waals surface area (Å²) < 4.78 is 53.3. The zero-order valence-corrected chi connectivity index (χ0v) is 18.1. The molecule has 172 valence electrons. The number of nitrogens with zero attached hydrogens (tertiary/aromatic N) is 4. The third-order valence-electron chi connectivity index (χ3n) is 4.37.